The summed E-state index contributed by atoms with van der Waals surface area (Å²) in [5, 5.41) is 3.96. The second-order valence-electron chi connectivity index (χ2n) is 3.81. The summed E-state index contributed by atoms with van der Waals surface area (Å²) in [5.74, 6) is 0. The second kappa shape index (κ2) is 4.63. The molecule has 1 aromatic carbocycles. The lowest BCUT2D eigenvalue weighted by atomic mass is 10.2. The third-order valence-corrected chi connectivity index (χ3v) is 2.59. The van der Waals surface area contributed by atoms with Gasteiger partial charge in [0.2, 0.25) is 0 Å². The number of aryl methyl sites for hydroxylation is 1. The highest BCUT2D eigenvalue weighted by molar-refractivity contribution is 5.37. The van der Waals surface area contributed by atoms with Crippen LogP contribution in [0.5, 0.6) is 0 Å². The zero-order chi connectivity index (χ0) is 12.4. The highest BCUT2D eigenvalue weighted by atomic mass is 19.3. The molecule has 90 valence electrons. The maximum atomic E-state index is 13.0. The summed E-state index contributed by atoms with van der Waals surface area (Å²) in [6.45, 7) is 2.00. The zero-order valence-electron chi connectivity index (χ0n) is 9.40. The van der Waals surface area contributed by atoms with E-state index in [-0.39, 0.29) is 12.2 Å². The van der Waals surface area contributed by atoms with Crippen LogP contribution in [0.4, 0.5) is 8.78 Å². The first-order valence-corrected chi connectivity index (χ1v) is 5.25. The molecule has 2 aromatic rings. The molecule has 2 N–H and O–H groups in total. The minimum Gasteiger partial charge on any atom is -0.326 e. The summed E-state index contributed by atoms with van der Waals surface area (Å²) in [7, 11) is 0. The van der Waals surface area contributed by atoms with Gasteiger partial charge in [-0.2, -0.15) is 5.10 Å². The summed E-state index contributed by atoms with van der Waals surface area (Å²) in [5.41, 5.74) is 7.35. The van der Waals surface area contributed by atoms with Crippen molar-refractivity contribution in [2.24, 2.45) is 5.73 Å². The van der Waals surface area contributed by atoms with Crippen LogP contribution in [0.3, 0.4) is 0 Å². The Hall–Kier alpha value is -1.75. The highest BCUT2D eigenvalue weighted by Gasteiger charge is 2.19. The second-order valence-corrected chi connectivity index (χ2v) is 3.81. The Morgan fingerprint density at radius 3 is 2.47 bits per heavy atom. The van der Waals surface area contributed by atoms with E-state index in [1.807, 2.05) is 19.1 Å². The quantitative estimate of drug-likeness (QED) is 0.891. The summed E-state index contributed by atoms with van der Waals surface area (Å²) in [6, 6.07) is 7.23. The third-order valence-electron chi connectivity index (χ3n) is 2.59. The molecule has 0 unspecified atom stereocenters. The van der Waals surface area contributed by atoms with Gasteiger partial charge < -0.3 is 5.73 Å². The molecule has 1 aromatic heterocycles. The number of nitrogens with two attached hydrogens (primary N) is 1. The van der Waals surface area contributed by atoms with Gasteiger partial charge in [0, 0.05) is 12.1 Å². The van der Waals surface area contributed by atoms with Gasteiger partial charge in [0.1, 0.15) is 5.69 Å². The van der Waals surface area contributed by atoms with Crippen molar-refractivity contribution in [3.8, 4) is 5.69 Å². The largest absolute Gasteiger partial charge is 0.326 e. The summed E-state index contributed by atoms with van der Waals surface area (Å²) >= 11 is 0. The van der Waals surface area contributed by atoms with Crippen LogP contribution in [0.2, 0.25) is 0 Å². The van der Waals surface area contributed by atoms with Crippen molar-refractivity contribution in [2.75, 3.05) is 0 Å². The average Bonchev–Trinajstić information content (AvgIpc) is 2.73. The number of aromatic nitrogens is 2. The Kier molecular flexibility index (Phi) is 3.19. The topological polar surface area (TPSA) is 43.8 Å². The number of hydrogen-bond donors (Lipinski definition) is 1. The molecule has 1 heterocycles. The molecule has 2 rings (SSSR count). The van der Waals surface area contributed by atoms with Crippen molar-refractivity contribution in [1.29, 1.82) is 0 Å². The van der Waals surface area contributed by atoms with Gasteiger partial charge in [0.15, 0.2) is 0 Å². The van der Waals surface area contributed by atoms with Gasteiger partial charge >= 0.3 is 0 Å². The molecular weight excluding hydrogens is 224 g/mol. The fourth-order valence-corrected chi connectivity index (χ4v) is 1.67. The lowest BCUT2D eigenvalue weighted by molar-refractivity contribution is 0.141. The Bertz CT molecular complexity index is 503. The van der Waals surface area contributed by atoms with Gasteiger partial charge in [-0.05, 0) is 19.1 Å². The van der Waals surface area contributed by atoms with Crippen molar-refractivity contribution in [2.45, 2.75) is 19.9 Å². The Balaban J connectivity index is 2.51. The van der Waals surface area contributed by atoms with E-state index in [1.165, 1.54) is 10.9 Å². The Morgan fingerprint density at radius 2 is 1.94 bits per heavy atom. The van der Waals surface area contributed by atoms with Gasteiger partial charge in [-0.1, -0.05) is 17.7 Å². The lowest BCUT2D eigenvalue weighted by Crippen LogP contribution is -2.06. The number of rotatable bonds is 3. The molecule has 0 amide bonds. The van der Waals surface area contributed by atoms with Crippen molar-refractivity contribution < 1.29 is 8.78 Å². The fourth-order valence-electron chi connectivity index (χ4n) is 1.67. The molecular formula is C12H13F2N3. The van der Waals surface area contributed by atoms with E-state index in [1.54, 1.807) is 12.1 Å². The first kappa shape index (κ1) is 11.7. The van der Waals surface area contributed by atoms with E-state index in [4.69, 9.17) is 5.73 Å². The van der Waals surface area contributed by atoms with E-state index in [0.29, 0.717) is 11.3 Å². The van der Waals surface area contributed by atoms with Crippen LogP contribution in [-0.2, 0) is 6.54 Å². The molecule has 17 heavy (non-hydrogen) atoms. The molecule has 0 radical (unpaired) electrons. The maximum absolute atomic E-state index is 13.0. The molecule has 0 aliphatic heterocycles. The molecule has 0 saturated heterocycles. The monoisotopic (exact) mass is 237 g/mol. The van der Waals surface area contributed by atoms with Gasteiger partial charge in [0.25, 0.3) is 6.43 Å². The number of halogens is 2. The van der Waals surface area contributed by atoms with Gasteiger partial charge in [-0.15, -0.1) is 0 Å². The first-order chi connectivity index (χ1) is 8.13. The Labute approximate surface area is 97.9 Å². The standard InChI is InChI=1S/C12H13F2N3/c1-8-2-4-10(5-3-8)17-11(12(13)14)9(6-15)7-16-17/h2-5,7,12H,6,15H2,1H3. The SMILES string of the molecule is Cc1ccc(-n2ncc(CN)c2C(F)F)cc1. The zero-order valence-corrected chi connectivity index (χ0v) is 9.40. The number of nitrogens with zero attached hydrogens (tertiary/aromatic N) is 2. The predicted octanol–water partition coefficient (Wildman–Crippen LogP) is 2.58. The van der Waals surface area contributed by atoms with Crippen LogP contribution in [0, 0.1) is 6.92 Å². The van der Waals surface area contributed by atoms with E-state index < -0.39 is 6.43 Å². The summed E-state index contributed by atoms with van der Waals surface area (Å²) < 4.78 is 27.2. The normalized spacial score (nSPS) is 11.1. The number of benzene rings is 1. The van der Waals surface area contributed by atoms with Gasteiger partial charge in [0.05, 0.1) is 11.9 Å². The molecule has 0 spiro atoms. The smallest absolute Gasteiger partial charge is 0.280 e. The molecule has 0 atom stereocenters. The van der Waals surface area contributed by atoms with E-state index >= 15 is 0 Å². The molecule has 0 saturated carbocycles. The molecule has 0 aliphatic rings. The molecule has 3 nitrogen and oxygen atoms in total. The Morgan fingerprint density at radius 1 is 1.29 bits per heavy atom. The van der Waals surface area contributed by atoms with Crippen LogP contribution in [0.1, 0.15) is 23.2 Å². The van der Waals surface area contributed by atoms with Crippen LogP contribution < -0.4 is 5.73 Å². The van der Waals surface area contributed by atoms with Gasteiger partial charge in [-0.25, -0.2) is 13.5 Å². The summed E-state index contributed by atoms with van der Waals surface area (Å²) in [6.07, 6.45) is -1.20. The lowest BCUT2D eigenvalue weighted by Gasteiger charge is -2.08. The average molecular weight is 237 g/mol. The van der Waals surface area contributed by atoms with Crippen LogP contribution in [0.25, 0.3) is 5.69 Å². The maximum Gasteiger partial charge on any atom is 0.280 e. The summed E-state index contributed by atoms with van der Waals surface area (Å²) in [4.78, 5) is 0. The molecule has 0 aliphatic carbocycles. The van der Waals surface area contributed by atoms with Crippen LogP contribution >= 0.6 is 0 Å². The minimum atomic E-state index is -2.59. The van der Waals surface area contributed by atoms with Crippen molar-refractivity contribution in [3.63, 3.8) is 0 Å². The van der Waals surface area contributed by atoms with Crippen molar-refractivity contribution >= 4 is 0 Å². The van der Waals surface area contributed by atoms with Crippen molar-refractivity contribution in [1.82, 2.24) is 9.78 Å². The third kappa shape index (κ3) is 2.19. The molecule has 0 fully saturated rings. The van der Waals surface area contributed by atoms with Crippen LogP contribution in [0.15, 0.2) is 30.5 Å². The number of hydrogen-bond acceptors (Lipinski definition) is 2. The predicted molar refractivity (Wildman–Crippen MR) is 61.1 cm³/mol. The van der Waals surface area contributed by atoms with Crippen LogP contribution in [-0.4, -0.2) is 9.78 Å². The van der Waals surface area contributed by atoms with E-state index in [2.05, 4.69) is 5.10 Å². The molecule has 0 bridgehead atoms. The first-order valence-electron chi connectivity index (χ1n) is 5.25. The van der Waals surface area contributed by atoms with Crippen molar-refractivity contribution in [3.05, 3.63) is 47.3 Å². The van der Waals surface area contributed by atoms with E-state index in [9.17, 15) is 8.78 Å². The minimum absolute atomic E-state index is 0.0610. The number of alkyl halides is 2. The highest BCUT2D eigenvalue weighted by Crippen LogP contribution is 2.25. The van der Waals surface area contributed by atoms with Gasteiger partial charge in [-0.3, -0.25) is 0 Å². The molecule has 5 heteroatoms. The fraction of sp³-hybridized carbons (Fsp3) is 0.250. The van der Waals surface area contributed by atoms with E-state index in [0.717, 1.165) is 5.56 Å².